The van der Waals surface area contributed by atoms with E-state index in [2.05, 4.69) is 15.3 Å². The molecular weight excluding hydrogens is 210 g/mol. The molecule has 0 unspecified atom stereocenters. The van der Waals surface area contributed by atoms with Crippen LogP contribution in [0.4, 0.5) is 11.6 Å². The van der Waals surface area contributed by atoms with Crippen LogP contribution in [-0.2, 0) is 0 Å². The van der Waals surface area contributed by atoms with Gasteiger partial charge in [0.2, 0.25) is 5.95 Å². The Bertz CT molecular complexity index is 454. The van der Waals surface area contributed by atoms with Crippen molar-refractivity contribution >= 4 is 23.2 Å². The molecule has 1 heterocycles. The van der Waals surface area contributed by atoms with Crippen molar-refractivity contribution in [3.05, 3.63) is 47.2 Å². The number of nitrogens with zero attached hydrogens (tertiary/aromatic N) is 2. The minimum absolute atomic E-state index is 0.572. The van der Waals surface area contributed by atoms with Crippen molar-refractivity contribution in [2.75, 3.05) is 5.32 Å². The van der Waals surface area contributed by atoms with Gasteiger partial charge in [0.25, 0.3) is 0 Å². The summed E-state index contributed by atoms with van der Waals surface area (Å²) in [4.78, 5) is 8.28. The van der Waals surface area contributed by atoms with Gasteiger partial charge in [0.1, 0.15) is 0 Å². The standard InChI is InChI=1S/C11H10ClN3/c1-8-6-13-11(14-7-8)15-10-4-2-3-9(12)5-10/h2-7H,1H3,(H,13,14,15). The number of nitrogens with one attached hydrogen (secondary N) is 1. The molecule has 0 spiro atoms. The van der Waals surface area contributed by atoms with Gasteiger partial charge in [0, 0.05) is 23.1 Å². The Hall–Kier alpha value is -1.61. The summed E-state index contributed by atoms with van der Waals surface area (Å²) in [6.45, 7) is 1.95. The van der Waals surface area contributed by atoms with E-state index in [1.54, 1.807) is 12.4 Å². The minimum atomic E-state index is 0.572. The van der Waals surface area contributed by atoms with Gasteiger partial charge in [-0.25, -0.2) is 9.97 Å². The van der Waals surface area contributed by atoms with Crippen LogP contribution in [0.25, 0.3) is 0 Å². The zero-order valence-electron chi connectivity index (χ0n) is 8.24. The third kappa shape index (κ3) is 2.67. The molecule has 1 aromatic carbocycles. The second kappa shape index (κ2) is 4.28. The fourth-order valence-corrected chi connectivity index (χ4v) is 1.34. The summed E-state index contributed by atoms with van der Waals surface area (Å²) in [7, 11) is 0. The highest BCUT2D eigenvalue weighted by Crippen LogP contribution is 2.17. The molecule has 0 bridgehead atoms. The zero-order chi connectivity index (χ0) is 10.7. The molecule has 0 saturated heterocycles. The van der Waals surface area contributed by atoms with Crippen LogP contribution < -0.4 is 5.32 Å². The number of hydrogen-bond acceptors (Lipinski definition) is 3. The van der Waals surface area contributed by atoms with Crippen LogP contribution in [0.1, 0.15) is 5.56 Å². The Morgan fingerprint density at radius 2 is 1.93 bits per heavy atom. The molecular formula is C11H10ClN3. The van der Waals surface area contributed by atoms with Crippen LogP contribution in [0.15, 0.2) is 36.7 Å². The summed E-state index contributed by atoms with van der Waals surface area (Å²) in [5.74, 6) is 0.572. The topological polar surface area (TPSA) is 37.8 Å². The van der Waals surface area contributed by atoms with E-state index in [1.165, 1.54) is 0 Å². The normalized spacial score (nSPS) is 10.0. The van der Waals surface area contributed by atoms with Gasteiger partial charge in [-0.3, -0.25) is 0 Å². The van der Waals surface area contributed by atoms with Crippen LogP contribution in [0, 0.1) is 6.92 Å². The lowest BCUT2D eigenvalue weighted by Gasteiger charge is -2.04. The summed E-state index contributed by atoms with van der Waals surface area (Å²) < 4.78 is 0. The van der Waals surface area contributed by atoms with Crippen molar-refractivity contribution in [3.8, 4) is 0 Å². The van der Waals surface area contributed by atoms with E-state index in [4.69, 9.17) is 11.6 Å². The summed E-state index contributed by atoms with van der Waals surface area (Å²) in [6.07, 6.45) is 3.53. The Morgan fingerprint density at radius 1 is 1.20 bits per heavy atom. The van der Waals surface area contributed by atoms with E-state index < -0.39 is 0 Å². The maximum absolute atomic E-state index is 5.86. The number of halogens is 1. The molecule has 15 heavy (non-hydrogen) atoms. The molecule has 76 valence electrons. The van der Waals surface area contributed by atoms with E-state index in [9.17, 15) is 0 Å². The average Bonchev–Trinajstić information content (AvgIpc) is 2.22. The molecule has 4 heteroatoms. The summed E-state index contributed by atoms with van der Waals surface area (Å²) >= 11 is 5.86. The highest BCUT2D eigenvalue weighted by atomic mass is 35.5. The monoisotopic (exact) mass is 219 g/mol. The van der Waals surface area contributed by atoms with Crippen molar-refractivity contribution in [1.29, 1.82) is 0 Å². The summed E-state index contributed by atoms with van der Waals surface area (Å²) in [5.41, 5.74) is 1.91. The SMILES string of the molecule is Cc1cnc(Nc2cccc(Cl)c2)nc1. The van der Waals surface area contributed by atoms with E-state index in [0.29, 0.717) is 11.0 Å². The van der Waals surface area contributed by atoms with Gasteiger partial charge in [0.15, 0.2) is 0 Å². The number of aryl methyl sites for hydroxylation is 1. The third-order valence-corrected chi connectivity index (χ3v) is 2.10. The number of rotatable bonds is 2. The van der Waals surface area contributed by atoms with Crippen molar-refractivity contribution in [3.63, 3.8) is 0 Å². The molecule has 0 atom stereocenters. The first-order chi connectivity index (χ1) is 7.24. The third-order valence-electron chi connectivity index (χ3n) is 1.86. The number of hydrogen-bond donors (Lipinski definition) is 1. The lowest BCUT2D eigenvalue weighted by molar-refractivity contribution is 1.13. The van der Waals surface area contributed by atoms with Crippen LogP contribution in [0.2, 0.25) is 5.02 Å². The molecule has 2 aromatic rings. The molecule has 0 saturated carbocycles. The zero-order valence-corrected chi connectivity index (χ0v) is 8.99. The Kier molecular flexibility index (Phi) is 2.83. The van der Waals surface area contributed by atoms with Crippen molar-refractivity contribution in [1.82, 2.24) is 9.97 Å². The smallest absolute Gasteiger partial charge is 0.227 e. The molecule has 0 aliphatic heterocycles. The van der Waals surface area contributed by atoms with Crippen LogP contribution >= 0.6 is 11.6 Å². The van der Waals surface area contributed by atoms with Gasteiger partial charge >= 0.3 is 0 Å². The van der Waals surface area contributed by atoms with E-state index in [-0.39, 0.29) is 0 Å². The molecule has 0 aliphatic carbocycles. The molecule has 1 N–H and O–H groups in total. The highest BCUT2D eigenvalue weighted by Gasteiger charge is 1.97. The van der Waals surface area contributed by atoms with Gasteiger partial charge in [-0.1, -0.05) is 17.7 Å². The number of benzene rings is 1. The van der Waals surface area contributed by atoms with E-state index in [0.717, 1.165) is 11.3 Å². The number of aromatic nitrogens is 2. The fraction of sp³-hybridized carbons (Fsp3) is 0.0909. The predicted molar refractivity (Wildman–Crippen MR) is 61.5 cm³/mol. The molecule has 2 rings (SSSR count). The maximum atomic E-state index is 5.86. The van der Waals surface area contributed by atoms with Crippen LogP contribution in [-0.4, -0.2) is 9.97 Å². The van der Waals surface area contributed by atoms with Crippen molar-refractivity contribution in [2.45, 2.75) is 6.92 Å². The highest BCUT2D eigenvalue weighted by molar-refractivity contribution is 6.30. The number of anilines is 2. The molecule has 0 fully saturated rings. The summed E-state index contributed by atoms with van der Waals surface area (Å²) in [6, 6.07) is 7.43. The van der Waals surface area contributed by atoms with E-state index in [1.807, 2.05) is 31.2 Å². The molecule has 1 aromatic heterocycles. The Balaban J connectivity index is 2.18. The quantitative estimate of drug-likeness (QED) is 0.843. The second-order valence-corrected chi connectivity index (χ2v) is 3.66. The first-order valence-electron chi connectivity index (χ1n) is 4.55. The molecule has 3 nitrogen and oxygen atoms in total. The minimum Gasteiger partial charge on any atom is -0.324 e. The lowest BCUT2D eigenvalue weighted by Crippen LogP contribution is -1.96. The fourth-order valence-electron chi connectivity index (χ4n) is 1.15. The van der Waals surface area contributed by atoms with E-state index >= 15 is 0 Å². The van der Waals surface area contributed by atoms with Crippen LogP contribution in [0.5, 0.6) is 0 Å². The van der Waals surface area contributed by atoms with Gasteiger partial charge < -0.3 is 5.32 Å². The van der Waals surface area contributed by atoms with Crippen LogP contribution in [0.3, 0.4) is 0 Å². The van der Waals surface area contributed by atoms with Gasteiger partial charge in [-0.15, -0.1) is 0 Å². The first-order valence-corrected chi connectivity index (χ1v) is 4.93. The lowest BCUT2D eigenvalue weighted by atomic mass is 10.3. The predicted octanol–water partition coefficient (Wildman–Crippen LogP) is 3.18. The molecule has 0 radical (unpaired) electrons. The van der Waals surface area contributed by atoms with Crippen molar-refractivity contribution in [2.24, 2.45) is 0 Å². The average molecular weight is 220 g/mol. The van der Waals surface area contributed by atoms with Gasteiger partial charge in [-0.2, -0.15) is 0 Å². The molecule has 0 aliphatic rings. The largest absolute Gasteiger partial charge is 0.324 e. The second-order valence-electron chi connectivity index (χ2n) is 3.22. The van der Waals surface area contributed by atoms with Crippen molar-refractivity contribution < 1.29 is 0 Å². The maximum Gasteiger partial charge on any atom is 0.227 e. The Morgan fingerprint density at radius 3 is 2.60 bits per heavy atom. The van der Waals surface area contributed by atoms with Gasteiger partial charge in [0.05, 0.1) is 0 Å². The first kappa shape index (κ1) is 9.93. The van der Waals surface area contributed by atoms with Gasteiger partial charge in [-0.05, 0) is 30.7 Å². The Labute approximate surface area is 93.1 Å². The summed E-state index contributed by atoms with van der Waals surface area (Å²) in [5, 5.41) is 3.75. The molecule has 0 amide bonds.